The average molecular weight is 340 g/mol. The van der Waals surface area contributed by atoms with Gasteiger partial charge in [0.2, 0.25) is 0 Å². The summed E-state index contributed by atoms with van der Waals surface area (Å²) in [6.07, 6.45) is 0.133. The third kappa shape index (κ3) is 3.22. The van der Waals surface area contributed by atoms with Gasteiger partial charge in [-0.1, -0.05) is 48.0 Å². The number of benzene rings is 2. The Balaban J connectivity index is 1.56. The zero-order valence-corrected chi connectivity index (χ0v) is 13.9. The number of nitrogens with one attached hydrogen (secondary N) is 2. The Kier molecular flexibility index (Phi) is 4.34. The summed E-state index contributed by atoms with van der Waals surface area (Å²) in [5, 5.41) is 11.6. The Hall–Kier alpha value is -2.14. The maximum Gasteiger partial charge on any atom is 0.0949 e. The maximum atomic E-state index is 6.06. The number of hydrogen-bond donors (Lipinski definition) is 2. The molecule has 0 spiro atoms. The van der Waals surface area contributed by atoms with Crippen molar-refractivity contribution in [1.29, 1.82) is 0 Å². The Labute approximate surface area is 145 Å². The van der Waals surface area contributed by atoms with E-state index in [9.17, 15) is 0 Å². The summed E-state index contributed by atoms with van der Waals surface area (Å²) in [6, 6.07) is 18.2. The number of rotatable bonds is 3. The minimum atomic E-state index is 0.133. The molecule has 24 heavy (non-hydrogen) atoms. The van der Waals surface area contributed by atoms with E-state index in [0.29, 0.717) is 5.02 Å². The standard InChI is InChI=1S/C19H18ClN3O/c20-16-3-1-2-15(10-16)18-11-17(22-23-18)13-4-6-14(7-5-13)19-12-21-8-9-24-19/h1-7,10-11,19,21H,8-9,12H2,(H,22,23)/t19-/m0/s1. The number of aromatic amines is 1. The van der Waals surface area contributed by atoms with Crippen molar-refractivity contribution in [3.63, 3.8) is 0 Å². The minimum absolute atomic E-state index is 0.133. The topological polar surface area (TPSA) is 49.9 Å². The third-order valence-electron chi connectivity index (χ3n) is 4.22. The molecule has 0 amide bonds. The van der Waals surface area contributed by atoms with Crippen molar-refractivity contribution >= 4 is 11.6 Å². The number of H-pyrrole nitrogens is 1. The van der Waals surface area contributed by atoms with Crippen LogP contribution in [0.2, 0.25) is 5.02 Å². The highest BCUT2D eigenvalue weighted by Crippen LogP contribution is 2.27. The molecule has 2 heterocycles. The van der Waals surface area contributed by atoms with Crippen molar-refractivity contribution in [2.75, 3.05) is 19.7 Å². The Morgan fingerprint density at radius 1 is 1.04 bits per heavy atom. The van der Waals surface area contributed by atoms with Gasteiger partial charge in [-0.05, 0) is 23.8 Å². The van der Waals surface area contributed by atoms with E-state index in [2.05, 4.69) is 39.8 Å². The smallest absolute Gasteiger partial charge is 0.0949 e. The van der Waals surface area contributed by atoms with E-state index < -0.39 is 0 Å². The Morgan fingerprint density at radius 3 is 2.67 bits per heavy atom. The molecule has 0 bridgehead atoms. The van der Waals surface area contributed by atoms with Crippen LogP contribution < -0.4 is 5.32 Å². The summed E-state index contributed by atoms with van der Waals surface area (Å²) in [5.41, 5.74) is 5.17. The lowest BCUT2D eigenvalue weighted by atomic mass is 10.0. The van der Waals surface area contributed by atoms with Crippen LogP contribution in [0.5, 0.6) is 0 Å². The summed E-state index contributed by atoms with van der Waals surface area (Å²) in [7, 11) is 0. The van der Waals surface area contributed by atoms with Crippen LogP contribution in [-0.2, 0) is 4.74 Å². The van der Waals surface area contributed by atoms with Gasteiger partial charge >= 0.3 is 0 Å². The summed E-state index contributed by atoms with van der Waals surface area (Å²) in [6.45, 7) is 2.55. The van der Waals surface area contributed by atoms with Gasteiger partial charge in [0.15, 0.2) is 0 Å². The van der Waals surface area contributed by atoms with Gasteiger partial charge in [0, 0.05) is 29.2 Å². The number of aromatic nitrogens is 2. The van der Waals surface area contributed by atoms with Crippen molar-refractivity contribution < 1.29 is 4.74 Å². The first-order valence-corrected chi connectivity index (χ1v) is 8.41. The fraction of sp³-hybridized carbons (Fsp3) is 0.211. The second-order valence-corrected chi connectivity index (χ2v) is 6.30. The van der Waals surface area contributed by atoms with Crippen LogP contribution in [-0.4, -0.2) is 29.9 Å². The molecule has 1 aliphatic rings. The second-order valence-electron chi connectivity index (χ2n) is 5.86. The molecule has 1 saturated heterocycles. The second kappa shape index (κ2) is 6.77. The van der Waals surface area contributed by atoms with Crippen LogP contribution in [0.25, 0.3) is 22.5 Å². The molecule has 3 aromatic rings. The summed E-state index contributed by atoms with van der Waals surface area (Å²) in [4.78, 5) is 0. The summed E-state index contributed by atoms with van der Waals surface area (Å²) < 4.78 is 5.79. The molecule has 0 radical (unpaired) electrons. The predicted molar refractivity (Wildman–Crippen MR) is 96.0 cm³/mol. The minimum Gasteiger partial charge on any atom is -0.371 e. The molecule has 4 nitrogen and oxygen atoms in total. The quantitative estimate of drug-likeness (QED) is 0.756. The Bertz CT molecular complexity index is 823. The zero-order valence-electron chi connectivity index (χ0n) is 13.1. The van der Waals surface area contributed by atoms with Crippen LogP contribution in [0.1, 0.15) is 11.7 Å². The lowest BCUT2D eigenvalue weighted by molar-refractivity contribution is 0.0277. The molecule has 1 fully saturated rings. The number of hydrogen-bond acceptors (Lipinski definition) is 3. The van der Waals surface area contributed by atoms with Crippen LogP contribution in [0, 0.1) is 0 Å². The summed E-state index contributed by atoms with van der Waals surface area (Å²) >= 11 is 6.06. The highest BCUT2D eigenvalue weighted by atomic mass is 35.5. The van der Waals surface area contributed by atoms with Gasteiger partial charge in [-0.3, -0.25) is 5.10 Å². The molecule has 4 rings (SSSR count). The average Bonchev–Trinajstić information content (AvgIpc) is 3.13. The van der Waals surface area contributed by atoms with Gasteiger partial charge in [0.1, 0.15) is 0 Å². The number of nitrogens with zero attached hydrogens (tertiary/aromatic N) is 1. The van der Waals surface area contributed by atoms with Gasteiger partial charge in [-0.2, -0.15) is 5.10 Å². The normalized spacial score (nSPS) is 17.8. The molecular weight excluding hydrogens is 322 g/mol. The van der Waals surface area contributed by atoms with Gasteiger partial charge in [0.05, 0.1) is 24.1 Å². The van der Waals surface area contributed by atoms with E-state index in [0.717, 1.165) is 42.2 Å². The van der Waals surface area contributed by atoms with Gasteiger partial charge in [-0.15, -0.1) is 0 Å². The van der Waals surface area contributed by atoms with E-state index in [1.807, 2.05) is 30.3 Å². The lowest BCUT2D eigenvalue weighted by Crippen LogP contribution is -2.33. The van der Waals surface area contributed by atoms with Crippen LogP contribution in [0.4, 0.5) is 0 Å². The molecule has 1 aliphatic heterocycles. The SMILES string of the molecule is Clc1cccc(-c2cc(-c3ccc([C@@H]4CNCCO4)cc3)n[nH]2)c1. The number of halogens is 1. The van der Waals surface area contributed by atoms with Crippen LogP contribution in [0.3, 0.4) is 0 Å². The monoisotopic (exact) mass is 339 g/mol. The van der Waals surface area contributed by atoms with Gasteiger partial charge in [0.25, 0.3) is 0 Å². The van der Waals surface area contributed by atoms with Crippen LogP contribution >= 0.6 is 11.6 Å². The van der Waals surface area contributed by atoms with E-state index in [-0.39, 0.29) is 6.10 Å². The summed E-state index contributed by atoms with van der Waals surface area (Å²) in [5.74, 6) is 0. The van der Waals surface area contributed by atoms with Crippen molar-refractivity contribution in [3.8, 4) is 22.5 Å². The predicted octanol–water partition coefficient (Wildman–Crippen LogP) is 4.06. The van der Waals surface area contributed by atoms with Crippen molar-refractivity contribution in [3.05, 3.63) is 65.2 Å². The Morgan fingerprint density at radius 2 is 1.92 bits per heavy atom. The molecule has 1 atom stereocenters. The molecule has 0 unspecified atom stereocenters. The van der Waals surface area contributed by atoms with E-state index in [4.69, 9.17) is 16.3 Å². The van der Waals surface area contributed by atoms with E-state index in [1.54, 1.807) is 0 Å². The van der Waals surface area contributed by atoms with Crippen molar-refractivity contribution in [2.24, 2.45) is 0 Å². The highest BCUT2D eigenvalue weighted by Gasteiger charge is 2.15. The third-order valence-corrected chi connectivity index (χ3v) is 4.45. The fourth-order valence-corrected chi connectivity index (χ4v) is 3.11. The van der Waals surface area contributed by atoms with Crippen molar-refractivity contribution in [2.45, 2.75) is 6.10 Å². The molecule has 122 valence electrons. The molecular formula is C19H18ClN3O. The van der Waals surface area contributed by atoms with E-state index >= 15 is 0 Å². The fourth-order valence-electron chi connectivity index (χ4n) is 2.92. The molecule has 1 aromatic heterocycles. The van der Waals surface area contributed by atoms with Gasteiger partial charge in [-0.25, -0.2) is 0 Å². The number of morpholine rings is 1. The largest absolute Gasteiger partial charge is 0.371 e. The highest BCUT2D eigenvalue weighted by molar-refractivity contribution is 6.30. The zero-order chi connectivity index (χ0) is 16.4. The lowest BCUT2D eigenvalue weighted by Gasteiger charge is -2.24. The first-order chi connectivity index (χ1) is 11.8. The molecule has 2 N–H and O–H groups in total. The van der Waals surface area contributed by atoms with Crippen LogP contribution in [0.15, 0.2) is 54.6 Å². The molecule has 0 aliphatic carbocycles. The molecule has 0 saturated carbocycles. The maximum absolute atomic E-state index is 6.06. The van der Waals surface area contributed by atoms with Gasteiger partial charge < -0.3 is 10.1 Å². The first kappa shape index (κ1) is 15.4. The number of ether oxygens (including phenoxy) is 1. The first-order valence-electron chi connectivity index (χ1n) is 8.03. The molecule has 5 heteroatoms. The van der Waals surface area contributed by atoms with E-state index in [1.165, 1.54) is 5.56 Å². The molecule has 2 aromatic carbocycles. The van der Waals surface area contributed by atoms with Crippen molar-refractivity contribution in [1.82, 2.24) is 15.5 Å².